The van der Waals surface area contributed by atoms with E-state index in [2.05, 4.69) is 5.32 Å². The average Bonchev–Trinajstić information content (AvgIpc) is 2.61. The Labute approximate surface area is 156 Å². The highest BCUT2D eigenvalue weighted by molar-refractivity contribution is 6.31. The van der Waals surface area contributed by atoms with Crippen molar-refractivity contribution in [3.05, 3.63) is 47.0 Å². The van der Waals surface area contributed by atoms with Crippen LogP contribution in [0.15, 0.2) is 36.4 Å². The number of nitrogens with zero attached hydrogens (tertiary/aromatic N) is 1. The second-order valence-electron chi connectivity index (χ2n) is 6.51. The molecule has 2 heterocycles. The van der Waals surface area contributed by atoms with E-state index in [4.69, 9.17) is 25.8 Å². The minimum absolute atomic E-state index is 0.159. The zero-order valence-electron chi connectivity index (χ0n) is 14.7. The van der Waals surface area contributed by atoms with E-state index in [0.29, 0.717) is 34.4 Å². The van der Waals surface area contributed by atoms with Gasteiger partial charge in [0.15, 0.2) is 17.2 Å². The average molecular weight is 375 g/mol. The van der Waals surface area contributed by atoms with Gasteiger partial charge in [-0.15, -0.1) is 0 Å². The van der Waals surface area contributed by atoms with Gasteiger partial charge in [-0.1, -0.05) is 23.7 Å². The molecule has 2 aliphatic rings. The minimum Gasteiger partial charge on any atom is -0.495 e. The smallest absolute Gasteiger partial charge is 0.325 e. The van der Waals surface area contributed by atoms with Crippen LogP contribution in [0.25, 0.3) is 0 Å². The van der Waals surface area contributed by atoms with Crippen LogP contribution in [0.5, 0.6) is 17.2 Å². The number of anilines is 1. The van der Waals surface area contributed by atoms with Gasteiger partial charge < -0.3 is 19.5 Å². The van der Waals surface area contributed by atoms with Crippen molar-refractivity contribution >= 4 is 23.3 Å². The summed E-state index contributed by atoms with van der Waals surface area (Å²) in [5, 5.41) is 3.56. The summed E-state index contributed by atoms with van der Waals surface area (Å²) in [5.74, 6) is 1.81. The highest BCUT2D eigenvalue weighted by Crippen LogP contribution is 2.50. The highest BCUT2D eigenvalue weighted by atomic mass is 35.5. The van der Waals surface area contributed by atoms with Crippen molar-refractivity contribution in [2.24, 2.45) is 0 Å². The lowest BCUT2D eigenvalue weighted by Gasteiger charge is -2.50. The highest BCUT2D eigenvalue weighted by Gasteiger charge is 2.51. The Morgan fingerprint density at radius 3 is 2.73 bits per heavy atom. The van der Waals surface area contributed by atoms with E-state index in [1.807, 2.05) is 25.1 Å². The van der Waals surface area contributed by atoms with Crippen LogP contribution in [-0.2, 0) is 0 Å². The van der Waals surface area contributed by atoms with Crippen molar-refractivity contribution in [2.45, 2.75) is 25.1 Å². The molecular weight excluding hydrogens is 356 g/mol. The molecule has 1 N–H and O–H groups in total. The molecule has 0 spiro atoms. The van der Waals surface area contributed by atoms with E-state index < -0.39 is 5.72 Å². The van der Waals surface area contributed by atoms with Crippen LogP contribution in [0.4, 0.5) is 10.5 Å². The summed E-state index contributed by atoms with van der Waals surface area (Å²) in [6.45, 7) is 1.88. The maximum atomic E-state index is 13.0. The van der Waals surface area contributed by atoms with Crippen LogP contribution in [0.1, 0.15) is 24.9 Å². The molecule has 6 nitrogen and oxygen atoms in total. The number of methoxy groups -OCH3 is 2. The molecule has 0 saturated carbocycles. The number of rotatable bonds is 3. The van der Waals surface area contributed by atoms with E-state index in [9.17, 15) is 4.79 Å². The number of nitrogens with one attached hydrogen (secondary N) is 1. The van der Waals surface area contributed by atoms with Crippen LogP contribution < -0.4 is 24.4 Å². The third-order valence-corrected chi connectivity index (χ3v) is 5.10. The Bertz CT molecular complexity index is 888. The Morgan fingerprint density at radius 1 is 1.23 bits per heavy atom. The molecule has 2 bridgehead atoms. The van der Waals surface area contributed by atoms with Crippen molar-refractivity contribution in [1.82, 2.24) is 5.32 Å². The molecule has 0 aromatic heterocycles. The molecule has 4 rings (SSSR count). The van der Waals surface area contributed by atoms with Gasteiger partial charge in [0.05, 0.1) is 25.9 Å². The zero-order valence-corrected chi connectivity index (χ0v) is 15.5. The van der Waals surface area contributed by atoms with Crippen molar-refractivity contribution < 1.29 is 19.0 Å². The van der Waals surface area contributed by atoms with Crippen LogP contribution >= 0.6 is 11.6 Å². The summed E-state index contributed by atoms with van der Waals surface area (Å²) in [6.07, 6.45) is 0.578. The predicted octanol–water partition coefficient (Wildman–Crippen LogP) is 4.13. The number of para-hydroxylation sites is 1. The molecule has 1 saturated heterocycles. The van der Waals surface area contributed by atoms with Gasteiger partial charge in [0.25, 0.3) is 0 Å². The summed E-state index contributed by atoms with van der Waals surface area (Å²) < 4.78 is 17.2. The van der Waals surface area contributed by atoms with Crippen LogP contribution in [0.2, 0.25) is 5.02 Å². The predicted molar refractivity (Wildman–Crippen MR) is 98.4 cm³/mol. The first kappa shape index (κ1) is 16.8. The fraction of sp³-hybridized carbons (Fsp3) is 0.316. The zero-order chi connectivity index (χ0) is 18.5. The first-order valence-corrected chi connectivity index (χ1v) is 8.65. The number of carbonyl (C=O) groups excluding carboxylic acids is 1. The van der Waals surface area contributed by atoms with Gasteiger partial charge in [0, 0.05) is 17.0 Å². The van der Waals surface area contributed by atoms with E-state index in [1.54, 1.807) is 37.3 Å². The molecule has 2 aromatic rings. The van der Waals surface area contributed by atoms with Crippen molar-refractivity contribution in [3.8, 4) is 17.2 Å². The number of halogens is 1. The van der Waals surface area contributed by atoms with Crippen LogP contribution in [0, 0.1) is 0 Å². The quantitative estimate of drug-likeness (QED) is 0.877. The van der Waals surface area contributed by atoms with Crippen LogP contribution in [0.3, 0.4) is 0 Å². The minimum atomic E-state index is -0.910. The van der Waals surface area contributed by atoms with Gasteiger partial charge in [0.2, 0.25) is 0 Å². The monoisotopic (exact) mass is 374 g/mol. The number of amides is 2. The number of carbonyl (C=O) groups is 1. The lowest BCUT2D eigenvalue weighted by atomic mass is 9.90. The molecule has 0 aliphatic carbocycles. The third-order valence-electron chi connectivity index (χ3n) is 4.87. The van der Waals surface area contributed by atoms with Gasteiger partial charge in [-0.25, -0.2) is 4.79 Å². The standard InChI is InChI=1S/C19H19ClN2O4/c1-19-10-13(12-5-4-6-16(25-3)17(12)26-19)21-18(23)22(19)14-9-11(20)7-8-15(14)24-2/h4-9,13H,10H2,1-3H3,(H,21,23). The fourth-order valence-electron chi connectivity index (χ4n) is 3.72. The normalized spacial score (nSPS) is 23.6. The number of benzene rings is 2. The summed E-state index contributed by atoms with van der Waals surface area (Å²) in [5.41, 5.74) is 0.553. The molecule has 136 valence electrons. The summed E-state index contributed by atoms with van der Waals surface area (Å²) in [7, 11) is 3.15. The molecule has 1 fully saturated rings. The Hall–Kier alpha value is -2.60. The molecule has 26 heavy (non-hydrogen) atoms. The molecular formula is C19H19ClN2O4. The van der Waals surface area contributed by atoms with E-state index in [-0.39, 0.29) is 12.1 Å². The topological polar surface area (TPSA) is 60.0 Å². The van der Waals surface area contributed by atoms with Gasteiger partial charge in [-0.05, 0) is 31.2 Å². The molecule has 7 heteroatoms. The number of hydrogen-bond donors (Lipinski definition) is 1. The molecule has 2 unspecified atom stereocenters. The maximum Gasteiger partial charge on any atom is 0.325 e. The largest absolute Gasteiger partial charge is 0.495 e. The van der Waals surface area contributed by atoms with Gasteiger partial charge in [-0.3, -0.25) is 4.90 Å². The van der Waals surface area contributed by atoms with E-state index in [0.717, 1.165) is 5.56 Å². The first-order valence-electron chi connectivity index (χ1n) is 8.27. The van der Waals surface area contributed by atoms with Gasteiger partial charge >= 0.3 is 6.03 Å². The second kappa shape index (κ2) is 5.99. The molecule has 2 amide bonds. The second-order valence-corrected chi connectivity index (χ2v) is 6.95. The molecule has 0 radical (unpaired) electrons. The summed E-state index contributed by atoms with van der Waals surface area (Å²) in [4.78, 5) is 14.5. The molecule has 2 atom stereocenters. The molecule has 2 aliphatic heterocycles. The SMILES string of the molecule is COc1ccc(Cl)cc1N1C(=O)NC2CC1(C)Oc1c(OC)cccc12. The molecule has 2 aromatic carbocycles. The number of ether oxygens (including phenoxy) is 3. The van der Waals surface area contributed by atoms with Gasteiger partial charge in [-0.2, -0.15) is 0 Å². The fourth-order valence-corrected chi connectivity index (χ4v) is 3.89. The van der Waals surface area contributed by atoms with Crippen molar-refractivity contribution in [1.29, 1.82) is 0 Å². The van der Waals surface area contributed by atoms with E-state index >= 15 is 0 Å². The third kappa shape index (κ3) is 2.44. The summed E-state index contributed by atoms with van der Waals surface area (Å²) in [6, 6.07) is 10.4. The Kier molecular flexibility index (Phi) is 3.88. The number of hydrogen-bond acceptors (Lipinski definition) is 4. The van der Waals surface area contributed by atoms with Crippen molar-refractivity contribution in [2.75, 3.05) is 19.1 Å². The van der Waals surface area contributed by atoms with E-state index in [1.165, 1.54) is 0 Å². The lowest BCUT2D eigenvalue weighted by molar-refractivity contribution is 0.0346. The number of urea groups is 1. The van der Waals surface area contributed by atoms with Crippen LogP contribution in [-0.4, -0.2) is 26.0 Å². The lowest BCUT2D eigenvalue weighted by Crippen LogP contribution is -2.65. The maximum absolute atomic E-state index is 13.0. The van der Waals surface area contributed by atoms with Gasteiger partial charge in [0.1, 0.15) is 5.75 Å². The number of fused-ring (bicyclic) bond motifs is 4. The Balaban J connectivity index is 1.86. The first-order chi connectivity index (χ1) is 12.5. The summed E-state index contributed by atoms with van der Waals surface area (Å²) >= 11 is 6.17. The van der Waals surface area contributed by atoms with Crippen molar-refractivity contribution in [3.63, 3.8) is 0 Å². The Morgan fingerprint density at radius 2 is 2.00 bits per heavy atom.